The molecule has 5 heteroatoms. The molecule has 0 saturated carbocycles. The summed E-state index contributed by atoms with van der Waals surface area (Å²) in [5, 5.41) is 10.2. The fraction of sp³-hybridized carbons (Fsp3) is 0.200. The molecule has 0 aliphatic rings. The molecule has 0 aliphatic heterocycles. The van der Waals surface area contributed by atoms with E-state index in [1.165, 1.54) is 11.3 Å². The van der Waals surface area contributed by atoms with Crippen LogP contribution in [0.3, 0.4) is 0 Å². The van der Waals surface area contributed by atoms with Gasteiger partial charge in [0.1, 0.15) is 10.2 Å². The van der Waals surface area contributed by atoms with Crippen LogP contribution < -0.4 is 0 Å². The largest absolute Gasteiger partial charge is 0.396 e. The first-order chi connectivity index (χ1) is 7.31. The normalized spacial score (nSPS) is 10.5. The molecule has 0 atom stereocenters. The van der Waals surface area contributed by atoms with Crippen LogP contribution in [0, 0.1) is 0 Å². The Morgan fingerprint density at radius 2 is 2.07 bits per heavy atom. The number of nitrogens with zero attached hydrogens (tertiary/aromatic N) is 2. The van der Waals surface area contributed by atoms with Crippen LogP contribution in [0.2, 0.25) is 5.15 Å². The molecule has 0 aliphatic carbocycles. The van der Waals surface area contributed by atoms with Crippen molar-refractivity contribution in [3.05, 3.63) is 34.6 Å². The van der Waals surface area contributed by atoms with Gasteiger partial charge in [-0.1, -0.05) is 11.6 Å². The molecule has 0 unspecified atom stereocenters. The lowest BCUT2D eigenvalue weighted by Gasteiger charge is -1.92. The van der Waals surface area contributed by atoms with Crippen molar-refractivity contribution in [1.82, 2.24) is 9.97 Å². The van der Waals surface area contributed by atoms with Crippen LogP contribution >= 0.6 is 22.9 Å². The lowest BCUT2D eigenvalue weighted by atomic mass is 10.3. The second kappa shape index (κ2) is 4.70. The van der Waals surface area contributed by atoms with Crippen LogP contribution in [-0.4, -0.2) is 21.7 Å². The molecule has 1 N–H and O–H groups in total. The van der Waals surface area contributed by atoms with Crippen LogP contribution in [0.1, 0.15) is 4.88 Å². The maximum atomic E-state index is 8.83. The third-order valence-electron chi connectivity index (χ3n) is 1.92. The summed E-state index contributed by atoms with van der Waals surface area (Å²) in [5.74, 6) is 0. The van der Waals surface area contributed by atoms with Gasteiger partial charge in [0.05, 0.1) is 0 Å². The fourth-order valence-corrected chi connectivity index (χ4v) is 2.50. The molecule has 0 radical (unpaired) electrons. The van der Waals surface area contributed by atoms with Crippen molar-refractivity contribution in [3.63, 3.8) is 0 Å². The SMILES string of the molecule is OCCc1sc(-c2ccncc2)nc1Cl. The maximum absolute atomic E-state index is 8.83. The van der Waals surface area contributed by atoms with Gasteiger partial charge in [-0.25, -0.2) is 4.98 Å². The average Bonchev–Trinajstić information content (AvgIpc) is 2.63. The molecule has 0 bridgehead atoms. The summed E-state index contributed by atoms with van der Waals surface area (Å²) in [6, 6.07) is 3.77. The van der Waals surface area contributed by atoms with Gasteiger partial charge in [-0.05, 0) is 12.1 Å². The summed E-state index contributed by atoms with van der Waals surface area (Å²) in [4.78, 5) is 9.11. The third kappa shape index (κ3) is 2.34. The quantitative estimate of drug-likeness (QED) is 0.896. The van der Waals surface area contributed by atoms with Crippen molar-refractivity contribution in [2.24, 2.45) is 0 Å². The molecule has 0 aromatic carbocycles. The van der Waals surface area contributed by atoms with E-state index in [2.05, 4.69) is 9.97 Å². The fourth-order valence-electron chi connectivity index (χ4n) is 1.21. The number of hydrogen-bond donors (Lipinski definition) is 1. The highest BCUT2D eigenvalue weighted by Gasteiger charge is 2.09. The lowest BCUT2D eigenvalue weighted by molar-refractivity contribution is 0.300. The minimum Gasteiger partial charge on any atom is -0.396 e. The molecule has 0 fully saturated rings. The van der Waals surface area contributed by atoms with E-state index in [0.29, 0.717) is 11.6 Å². The highest BCUT2D eigenvalue weighted by atomic mass is 35.5. The molecule has 15 heavy (non-hydrogen) atoms. The summed E-state index contributed by atoms with van der Waals surface area (Å²) in [5.41, 5.74) is 1.00. The van der Waals surface area contributed by atoms with Crippen LogP contribution in [-0.2, 0) is 6.42 Å². The first-order valence-electron chi connectivity index (χ1n) is 4.47. The number of pyridine rings is 1. The van der Waals surface area contributed by atoms with E-state index in [1.54, 1.807) is 12.4 Å². The van der Waals surface area contributed by atoms with Crippen molar-refractivity contribution >= 4 is 22.9 Å². The Balaban J connectivity index is 2.34. The van der Waals surface area contributed by atoms with Gasteiger partial charge in [-0.15, -0.1) is 11.3 Å². The Labute approximate surface area is 96.4 Å². The van der Waals surface area contributed by atoms with Crippen LogP contribution in [0.4, 0.5) is 0 Å². The summed E-state index contributed by atoms with van der Waals surface area (Å²) in [6.07, 6.45) is 3.99. The molecular weight excluding hydrogens is 232 g/mol. The van der Waals surface area contributed by atoms with Gasteiger partial charge < -0.3 is 5.11 Å². The van der Waals surface area contributed by atoms with Crippen LogP contribution in [0.25, 0.3) is 10.6 Å². The third-order valence-corrected chi connectivity index (χ3v) is 3.50. The minimum atomic E-state index is 0.0949. The first kappa shape index (κ1) is 10.5. The number of aliphatic hydroxyl groups is 1. The van der Waals surface area contributed by atoms with Gasteiger partial charge >= 0.3 is 0 Å². The number of hydrogen-bond acceptors (Lipinski definition) is 4. The van der Waals surface area contributed by atoms with Gasteiger partial charge in [0.25, 0.3) is 0 Å². The van der Waals surface area contributed by atoms with Gasteiger partial charge in [-0.2, -0.15) is 0 Å². The summed E-state index contributed by atoms with van der Waals surface area (Å²) < 4.78 is 0. The molecule has 2 aromatic heterocycles. The highest BCUT2D eigenvalue weighted by Crippen LogP contribution is 2.30. The topological polar surface area (TPSA) is 46.0 Å². The summed E-state index contributed by atoms with van der Waals surface area (Å²) >= 11 is 7.45. The number of rotatable bonds is 3. The van der Waals surface area contributed by atoms with Crippen molar-refractivity contribution in [3.8, 4) is 10.6 Å². The number of aromatic nitrogens is 2. The average molecular weight is 241 g/mol. The smallest absolute Gasteiger partial charge is 0.143 e. The Morgan fingerprint density at radius 3 is 2.73 bits per heavy atom. The Bertz CT molecular complexity index is 444. The Morgan fingerprint density at radius 1 is 1.33 bits per heavy atom. The number of thiazole rings is 1. The Kier molecular flexibility index (Phi) is 3.30. The van der Waals surface area contributed by atoms with E-state index in [9.17, 15) is 0 Å². The maximum Gasteiger partial charge on any atom is 0.143 e. The zero-order valence-corrected chi connectivity index (χ0v) is 9.42. The van der Waals surface area contributed by atoms with Gasteiger partial charge in [0.2, 0.25) is 0 Å². The molecule has 2 rings (SSSR count). The molecule has 2 heterocycles. The standard InChI is InChI=1S/C10H9ClN2OS/c11-9-8(3-6-14)15-10(13-9)7-1-4-12-5-2-7/h1-2,4-5,14H,3,6H2. The van der Waals surface area contributed by atoms with E-state index in [4.69, 9.17) is 16.7 Å². The Hall–Kier alpha value is -0.970. The molecule has 0 spiro atoms. The molecule has 78 valence electrons. The zero-order valence-electron chi connectivity index (χ0n) is 7.85. The highest BCUT2D eigenvalue weighted by molar-refractivity contribution is 7.15. The predicted octanol–water partition coefficient (Wildman–Crippen LogP) is 2.39. The second-order valence-corrected chi connectivity index (χ2v) is 4.38. The van der Waals surface area contributed by atoms with Gasteiger partial charge in [0.15, 0.2) is 0 Å². The molecular formula is C10H9ClN2OS. The molecule has 3 nitrogen and oxygen atoms in total. The van der Waals surface area contributed by atoms with E-state index in [1.807, 2.05) is 12.1 Å². The predicted molar refractivity (Wildman–Crippen MR) is 61.1 cm³/mol. The first-order valence-corrected chi connectivity index (χ1v) is 5.67. The zero-order chi connectivity index (χ0) is 10.7. The number of aliphatic hydroxyl groups excluding tert-OH is 1. The van der Waals surface area contributed by atoms with Crippen molar-refractivity contribution in [2.75, 3.05) is 6.61 Å². The van der Waals surface area contributed by atoms with E-state index in [-0.39, 0.29) is 6.61 Å². The second-order valence-electron chi connectivity index (χ2n) is 2.94. The lowest BCUT2D eigenvalue weighted by Crippen LogP contribution is -1.86. The monoisotopic (exact) mass is 240 g/mol. The van der Waals surface area contributed by atoms with E-state index >= 15 is 0 Å². The van der Waals surface area contributed by atoms with Crippen LogP contribution in [0.5, 0.6) is 0 Å². The van der Waals surface area contributed by atoms with Gasteiger partial charge in [-0.3, -0.25) is 4.98 Å². The van der Waals surface area contributed by atoms with Crippen molar-refractivity contribution in [1.29, 1.82) is 0 Å². The van der Waals surface area contributed by atoms with Crippen LogP contribution in [0.15, 0.2) is 24.5 Å². The number of halogens is 1. The molecule has 0 saturated heterocycles. The van der Waals surface area contributed by atoms with Crippen molar-refractivity contribution < 1.29 is 5.11 Å². The molecule has 0 amide bonds. The van der Waals surface area contributed by atoms with Gasteiger partial charge in [0, 0.05) is 35.9 Å². The molecule has 2 aromatic rings. The van der Waals surface area contributed by atoms with E-state index < -0.39 is 0 Å². The summed E-state index contributed by atoms with van der Waals surface area (Å²) in [7, 11) is 0. The summed E-state index contributed by atoms with van der Waals surface area (Å²) in [6.45, 7) is 0.0949. The van der Waals surface area contributed by atoms with Crippen molar-refractivity contribution in [2.45, 2.75) is 6.42 Å². The van der Waals surface area contributed by atoms with E-state index in [0.717, 1.165) is 15.4 Å². The minimum absolute atomic E-state index is 0.0949.